The van der Waals surface area contributed by atoms with Gasteiger partial charge in [0.05, 0.1) is 30.3 Å². The second-order valence-corrected chi connectivity index (χ2v) is 14.6. The average Bonchev–Trinajstić information content (AvgIpc) is 3.46. The van der Waals surface area contributed by atoms with Gasteiger partial charge in [0.25, 0.3) is 5.91 Å². The molecule has 3 aliphatic rings. The Bertz CT molecular complexity index is 1710. The number of nitrogens with zero attached hydrogens (tertiary/aromatic N) is 4. The molecule has 2 aromatic carbocycles. The van der Waals surface area contributed by atoms with Gasteiger partial charge in [0.2, 0.25) is 21.8 Å². The average molecular weight is 661 g/mol. The summed E-state index contributed by atoms with van der Waals surface area (Å²) in [6, 6.07) is 9.03. The Morgan fingerprint density at radius 3 is 2.64 bits per heavy atom. The van der Waals surface area contributed by atoms with E-state index in [0.717, 1.165) is 16.0 Å². The van der Waals surface area contributed by atoms with Crippen molar-refractivity contribution in [3.63, 3.8) is 0 Å². The van der Waals surface area contributed by atoms with Gasteiger partial charge >= 0.3 is 0 Å². The van der Waals surface area contributed by atoms with Crippen molar-refractivity contribution in [3.05, 3.63) is 57.0 Å². The quantitative estimate of drug-likeness (QED) is 0.405. The zero-order valence-corrected chi connectivity index (χ0v) is 26.5. The number of benzene rings is 2. The van der Waals surface area contributed by atoms with Crippen LogP contribution in [0.15, 0.2) is 41.3 Å². The van der Waals surface area contributed by atoms with Crippen molar-refractivity contribution in [2.45, 2.75) is 36.9 Å². The molecule has 44 heavy (non-hydrogen) atoms. The molecule has 12 nitrogen and oxygen atoms in total. The highest BCUT2D eigenvalue weighted by Crippen LogP contribution is 2.28. The molecule has 3 amide bonds. The molecule has 2 N–H and O–H groups in total. The minimum Gasteiger partial charge on any atom is -0.378 e. The van der Waals surface area contributed by atoms with Crippen LogP contribution >= 0.6 is 22.9 Å². The fourth-order valence-corrected chi connectivity index (χ4v) is 8.33. The van der Waals surface area contributed by atoms with Crippen LogP contribution in [0.5, 0.6) is 0 Å². The lowest BCUT2D eigenvalue weighted by Gasteiger charge is -2.39. The summed E-state index contributed by atoms with van der Waals surface area (Å²) >= 11 is 7.38. The first-order valence-corrected chi connectivity index (χ1v) is 17.1. The molecule has 15 heteroatoms. The highest BCUT2D eigenvalue weighted by Gasteiger charge is 2.41. The second-order valence-electron chi connectivity index (χ2n) is 11.1. The van der Waals surface area contributed by atoms with Crippen LogP contribution in [0.3, 0.4) is 0 Å². The number of amides is 3. The number of hydrogen-bond donors (Lipinski definition) is 2. The Labute approximate surface area is 264 Å². The van der Waals surface area contributed by atoms with Gasteiger partial charge in [0, 0.05) is 61.6 Å². The molecule has 3 aliphatic heterocycles. The van der Waals surface area contributed by atoms with E-state index in [2.05, 4.69) is 15.6 Å². The molecule has 0 saturated carbocycles. The van der Waals surface area contributed by atoms with Crippen molar-refractivity contribution in [2.24, 2.45) is 0 Å². The topological polar surface area (TPSA) is 141 Å². The first-order valence-electron chi connectivity index (χ1n) is 14.5. The zero-order chi connectivity index (χ0) is 31.0. The van der Waals surface area contributed by atoms with E-state index in [9.17, 15) is 22.8 Å². The predicted molar refractivity (Wildman–Crippen MR) is 165 cm³/mol. The van der Waals surface area contributed by atoms with E-state index >= 15 is 0 Å². The summed E-state index contributed by atoms with van der Waals surface area (Å²) in [7, 11) is -4.03. The number of halogens is 1. The summed E-state index contributed by atoms with van der Waals surface area (Å²) in [5.74, 6) is -1.31. The van der Waals surface area contributed by atoms with Crippen LogP contribution in [0.1, 0.15) is 27.3 Å². The Morgan fingerprint density at radius 1 is 1.09 bits per heavy atom. The number of carbonyl (C=O) groups is 3. The van der Waals surface area contributed by atoms with Gasteiger partial charge in [-0.25, -0.2) is 13.4 Å². The van der Waals surface area contributed by atoms with Gasteiger partial charge < -0.3 is 25.2 Å². The molecule has 2 unspecified atom stereocenters. The Hall–Kier alpha value is -3.14. The maximum atomic E-state index is 13.8. The van der Waals surface area contributed by atoms with Crippen molar-refractivity contribution < 1.29 is 27.5 Å². The monoisotopic (exact) mass is 660 g/mol. The first kappa shape index (κ1) is 30.9. The molecule has 0 spiro atoms. The largest absolute Gasteiger partial charge is 0.378 e. The number of fused-ring (bicyclic) bond motifs is 2. The lowest BCUT2D eigenvalue weighted by molar-refractivity contribution is -0.137. The van der Waals surface area contributed by atoms with Crippen molar-refractivity contribution in [2.75, 3.05) is 52.5 Å². The fourth-order valence-electron chi connectivity index (χ4n) is 5.68. The standard InChI is InChI=1S/C29H33ClN6O6S2/c1-18-12-23-25(15-31-18)43-28(33-23)29(39)36-7-6-35(17-24(36)27(38)32-16-26(37)34-8-10-42-11-9-34)44(40,41)22-5-3-19-13-21(30)4-2-20(19)14-22/h2-5,13-14,18,24,31H,6-12,15-17H2,1H3,(H,32,38). The molecule has 2 saturated heterocycles. The number of sulfonamides is 1. The number of hydrogen-bond acceptors (Lipinski definition) is 9. The number of nitrogens with one attached hydrogen (secondary N) is 2. The van der Waals surface area contributed by atoms with Gasteiger partial charge in [-0.05, 0) is 42.0 Å². The maximum Gasteiger partial charge on any atom is 0.283 e. The third kappa shape index (κ3) is 6.32. The number of morpholine rings is 1. The van der Waals surface area contributed by atoms with Crippen LogP contribution < -0.4 is 10.6 Å². The van der Waals surface area contributed by atoms with Crippen LogP contribution in [0.2, 0.25) is 5.02 Å². The predicted octanol–water partition coefficient (Wildman–Crippen LogP) is 1.47. The van der Waals surface area contributed by atoms with Crippen molar-refractivity contribution in [1.82, 2.24) is 29.7 Å². The Kier molecular flexibility index (Phi) is 8.91. The SMILES string of the molecule is CC1Cc2nc(C(=O)N3CCN(S(=O)(=O)c4ccc5cc(Cl)ccc5c4)CC3C(=O)NCC(=O)N3CCOCC3)sc2CN1. The molecule has 0 bridgehead atoms. The molecule has 0 aliphatic carbocycles. The highest BCUT2D eigenvalue weighted by atomic mass is 35.5. The number of rotatable bonds is 6. The normalized spacial score (nSPS) is 21.2. The van der Waals surface area contributed by atoms with Crippen LogP contribution in [0.25, 0.3) is 10.8 Å². The summed E-state index contributed by atoms with van der Waals surface area (Å²) in [5, 5.41) is 8.32. The highest BCUT2D eigenvalue weighted by molar-refractivity contribution is 7.89. The van der Waals surface area contributed by atoms with Gasteiger partial charge in [0.15, 0.2) is 5.01 Å². The molecular formula is C29H33ClN6O6S2. The molecule has 234 valence electrons. The molecule has 0 radical (unpaired) electrons. The smallest absolute Gasteiger partial charge is 0.283 e. The van der Waals surface area contributed by atoms with Crippen molar-refractivity contribution in [1.29, 1.82) is 0 Å². The minimum absolute atomic E-state index is 0.00705. The van der Waals surface area contributed by atoms with E-state index in [1.807, 2.05) is 6.92 Å². The Morgan fingerprint density at radius 2 is 1.84 bits per heavy atom. The van der Waals surface area contributed by atoms with Crippen LogP contribution in [0.4, 0.5) is 0 Å². The molecule has 2 fully saturated rings. The first-order chi connectivity index (χ1) is 21.1. The summed E-state index contributed by atoms with van der Waals surface area (Å²) in [6.07, 6.45) is 0.691. The van der Waals surface area contributed by atoms with Crippen molar-refractivity contribution in [3.8, 4) is 0 Å². The number of carbonyl (C=O) groups excluding carboxylic acids is 3. The lowest BCUT2D eigenvalue weighted by atomic mass is 10.1. The maximum absolute atomic E-state index is 13.8. The molecular weight excluding hydrogens is 628 g/mol. The Balaban J connectivity index is 1.24. The van der Waals surface area contributed by atoms with Crippen LogP contribution in [0, 0.1) is 0 Å². The summed E-state index contributed by atoms with van der Waals surface area (Å²) < 4.78 is 34.2. The van der Waals surface area contributed by atoms with E-state index in [4.69, 9.17) is 16.3 Å². The number of ether oxygens (including phenoxy) is 1. The molecule has 4 heterocycles. The number of thiazole rings is 1. The van der Waals surface area contributed by atoms with E-state index < -0.39 is 27.9 Å². The molecule has 6 rings (SSSR count). The lowest BCUT2D eigenvalue weighted by Crippen LogP contribution is -2.62. The van der Waals surface area contributed by atoms with Crippen LogP contribution in [-0.2, 0) is 37.3 Å². The third-order valence-electron chi connectivity index (χ3n) is 8.17. The van der Waals surface area contributed by atoms with Gasteiger partial charge in [-0.2, -0.15) is 4.31 Å². The second kappa shape index (κ2) is 12.7. The number of aromatic nitrogens is 1. The van der Waals surface area contributed by atoms with Crippen molar-refractivity contribution >= 4 is 61.5 Å². The summed E-state index contributed by atoms with van der Waals surface area (Å²) in [6.45, 7) is 3.79. The van der Waals surface area contributed by atoms with Gasteiger partial charge in [-0.15, -0.1) is 11.3 Å². The zero-order valence-electron chi connectivity index (χ0n) is 24.1. The van der Waals surface area contributed by atoms with E-state index in [-0.39, 0.29) is 48.0 Å². The van der Waals surface area contributed by atoms with E-state index in [0.29, 0.717) is 49.7 Å². The van der Waals surface area contributed by atoms with Gasteiger partial charge in [0.1, 0.15) is 6.04 Å². The summed E-state index contributed by atoms with van der Waals surface area (Å²) in [5.41, 5.74) is 0.862. The fraction of sp³-hybridized carbons (Fsp3) is 0.448. The van der Waals surface area contributed by atoms with Crippen LogP contribution in [-0.4, -0.2) is 110 Å². The molecule has 1 aromatic heterocycles. The summed E-state index contributed by atoms with van der Waals surface area (Å²) in [4.78, 5) is 48.8. The minimum atomic E-state index is -4.03. The van der Waals surface area contributed by atoms with Gasteiger partial charge in [-0.1, -0.05) is 23.7 Å². The van der Waals surface area contributed by atoms with E-state index in [1.165, 1.54) is 26.6 Å². The number of piperazine rings is 1. The van der Waals surface area contributed by atoms with E-state index in [1.54, 1.807) is 35.2 Å². The molecule has 2 atom stereocenters. The van der Waals surface area contributed by atoms with Gasteiger partial charge in [-0.3, -0.25) is 14.4 Å². The third-order valence-corrected chi connectivity index (χ3v) is 11.3. The molecule has 3 aromatic rings.